The quantitative estimate of drug-likeness (QED) is 0.635. The van der Waals surface area contributed by atoms with Gasteiger partial charge in [0, 0.05) is 13.1 Å². The third kappa shape index (κ3) is 1.86. The summed E-state index contributed by atoms with van der Waals surface area (Å²) in [5, 5.41) is -0.632. The lowest BCUT2D eigenvalue weighted by Gasteiger charge is -2.11. The van der Waals surface area contributed by atoms with Crippen molar-refractivity contribution in [3.63, 3.8) is 0 Å². The van der Waals surface area contributed by atoms with Crippen LogP contribution in [0.4, 0.5) is 8.78 Å². The van der Waals surface area contributed by atoms with E-state index in [1.54, 1.807) is 0 Å². The van der Waals surface area contributed by atoms with E-state index in [-0.39, 0.29) is 0 Å². The summed E-state index contributed by atoms with van der Waals surface area (Å²) in [5.41, 5.74) is 0. The Labute approximate surface area is 74.3 Å². The van der Waals surface area contributed by atoms with Crippen LogP contribution in [0.15, 0.2) is 0 Å². The van der Waals surface area contributed by atoms with E-state index in [1.807, 2.05) is 0 Å². The van der Waals surface area contributed by atoms with E-state index in [0.717, 1.165) is 4.31 Å². The van der Waals surface area contributed by atoms with E-state index >= 15 is 0 Å². The highest BCUT2D eigenvalue weighted by Crippen LogP contribution is 2.20. The minimum absolute atomic E-state index is 0.420. The Bertz CT molecular complexity index is 248. The van der Waals surface area contributed by atoms with E-state index in [0.29, 0.717) is 0 Å². The molecular weight excluding hydrogens is 212 g/mol. The van der Waals surface area contributed by atoms with Crippen LogP contribution in [0.5, 0.6) is 0 Å². The van der Waals surface area contributed by atoms with E-state index < -0.39 is 40.7 Å². The SMILES string of the molecule is O=S(=O)(CCl)N1C[C@@H](F)[C@@H](F)C1. The molecule has 3 nitrogen and oxygen atoms in total. The second-order valence-electron chi connectivity index (χ2n) is 2.57. The van der Waals surface area contributed by atoms with E-state index in [1.165, 1.54) is 0 Å². The van der Waals surface area contributed by atoms with Crippen LogP contribution in [0.25, 0.3) is 0 Å². The Morgan fingerprint density at radius 2 is 1.75 bits per heavy atom. The molecule has 0 aliphatic carbocycles. The fraction of sp³-hybridized carbons (Fsp3) is 1.00. The van der Waals surface area contributed by atoms with Gasteiger partial charge >= 0.3 is 0 Å². The van der Waals surface area contributed by atoms with Crippen molar-refractivity contribution in [3.8, 4) is 0 Å². The Kier molecular flexibility index (Phi) is 2.90. The molecule has 0 amide bonds. The molecule has 0 N–H and O–H groups in total. The molecule has 0 saturated carbocycles. The first kappa shape index (κ1) is 10.1. The topological polar surface area (TPSA) is 37.4 Å². The van der Waals surface area contributed by atoms with Crippen LogP contribution in [-0.2, 0) is 10.0 Å². The van der Waals surface area contributed by atoms with Crippen LogP contribution < -0.4 is 0 Å². The van der Waals surface area contributed by atoms with Crippen molar-refractivity contribution in [2.75, 3.05) is 18.3 Å². The number of halogens is 3. The lowest BCUT2D eigenvalue weighted by molar-refractivity contribution is 0.217. The third-order valence-corrected chi connectivity index (χ3v) is 3.87. The Morgan fingerprint density at radius 3 is 2.08 bits per heavy atom. The number of sulfonamides is 1. The number of hydrogen-bond donors (Lipinski definition) is 0. The summed E-state index contributed by atoms with van der Waals surface area (Å²) in [6.45, 7) is -0.841. The summed E-state index contributed by atoms with van der Waals surface area (Å²) in [6.07, 6.45) is -3.44. The molecule has 1 heterocycles. The minimum Gasteiger partial charge on any atom is -0.243 e. The number of alkyl halides is 3. The maximum atomic E-state index is 12.5. The second kappa shape index (κ2) is 3.43. The molecule has 72 valence electrons. The molecule has 1 aliphatic rings. The van der Waals surface area contributed by atoms with Crippen LogP contribution in [0, 0.1) is 0 Å². The molecule has 0 spiro atoms. The van der Waals surface area contributed by atoms with Crippen molar-refractivity contribution in [3.05, 3.63) is 0 Å². The molecule has 1 fully saturated rings. The summed E-state index contributed by atoms with van der Waals surface area (Å²) in [5.74, 6) is 0. The number of nitrogens with zero attached hydrogens (tertiary/aromatic N) is 1. The highest BCUT2D eigenvalue weighted by molar-refractivity contribution is 7.90. The second-order valence-corrected chi connectivity index (χ2v) is 5.12. The van der Waals surface area contributed by atoms with Crippen LogP contribution >= 0.6 is 11.6 Å². The Hall–Kier alpha value is 0.0600. The first-order valence-corrected chi connectivity index (χ1v) is 5.43. The van der Waals surface area contributed by atoms with E-state index in [4.69, 9.17) is 11.6 Å². The molecule has 0 aromatic rings. The van der Waals surface area contributed by atoms with Gasteiger partial charge in [0.2, 0.25) is 10.0 Å². The summed E-state index contributed by atoms with van der Waals surface area (Å²) in [4.78, 5) is 0. The molecule has 0 aromatic heterocycles. The maximum Gasteiger partial charge on any atom is 0.228 e. The van der Waals surface area contributed by atoms with Crippen LogP contribution in [0.3, 0.4) is 0 Å². The van der Waals surface area contributed by atoms with Gasteiger partial charge in [0.25, 0.3) is 0 Å². The van der Waals surface area contributed by atoms with Gasteiger partial charge in [-0.3, -0.25) is 0 Å². The van der Waals surface area contributed by atoms with Crippen molar-refractivity contribution in [1.29, 1.82) is 0 Å². The molecule has 12 heavy (non-hydrogen) atoms. The summed E-state index contributed by atoms with van der Waals surface area (Å²) in [7, 11) is -3.64. The molecule has 0 unspecified atom stereocenters. The van der Waals surface area contributed by atoms with Crippen molar-refractivity contribution in [2.45, 2.75) is 12.3 Å². The first-order chi connectivity index (χ1) is 5.47. The van der Waals surface area contributed by atoms with Crippen molar-refractivity contribution >= 4 is 21.6 Å². The van der Waals surface area contributed by atoms with E-state index in [9.17, 15) is 17.2 Å². The van der Waals surface area contributed by atoms with Crippen LogP contribution in [0.2, 0.25) is 0 Å². The highest BCUT2D eigenvalue weighted by Gasteiger charge is 2.38. The molecule has 1 aliphatic heterocycles. The zero-order chi connectivity index (χ0) is 9.35. The van der Waals surface area contributed by atoms with Gasteiger partial charge in [0.1, 0.15) is 17.6 Å². The monoisotopic (exact) mass is 219 g/mol. The van der Waals surface area contributed by atoms with Gasteiger partial charge < -0.3 is 0 Å². The molecule has 1 saturated heterocycles. The van der Waals surface area contributed by atoms with Gasteiger partial charge in [0.15, 0.2) is 0 Å². The molecule has 0 aromatic carbocycles. The predicted molar refractivity (Wildman–Crippen MR) is 41.0 cm³/mol. The normalized spacial score (nSPS) is 32.6. The molecule has 2 atom stereocenters. The van der Waals surface area contributed by atoms with Gasteiger partial charge in [-0.2, -0.15) is 4.31 Å². The lowest BCUT2D eigenvalue weighted by atomic mass is 10.3. The summed E-state index contributed by atoms with van der Waals surface area (Å²) in [6, 6.07) is 0. The Balaban J connectivity index is 2.70. The molecule has 0 radical (unpaired) electrons. The van der Waals surface area contributed by atoms with Crippen molar-refractivity contribution < 1.29 is 17.2 Å². The molecule has 7 heteroatoms. The van der Waals surface area contributed by atoms with E-state index in [2.05, 4.69) is 0 Å². The molecular formula is C5H8ClF2NO2S. The fourth-order valence-corrected chi connectivity index (χ4v) is 2.28. The molecule has 1 rings (SSSR count). The van der Waals surface area contributed by atoms with Crippen LogP contribution in [0.1, 0.15) is 0 Å². The van der Waals surface area contributed by atoms with Gasteiger partial charge in [-0.1, -0.05) is 0 Å². The largest absolute Gasteiger partial charge is 0.243 e. The van der Waals surface area contributed by atoms with Crippen molar-refractivity contribution in [2.24, 2.45) is 0 Å². The standard InChI is InChI=1S/C5H8ClF2NO2S/c6-3-12(10,11)9-1-4(7)5(8)2-9/h4-5H,1-3H2/t4-,5+. The zero-order valence-corrected chi connectivity index (χ0v) is 7.65. The summed E-state index contributed by atoms with van der Waals surface area (Å²) >= 11 is 5.09. The number of hydrogen-bond acceptors (Lipinski definition) is 2. The van der Waals surface area contributed by atoms with Gasteiger partial charge in [-0.05, 0) is 0 Å². The zero-order valence-electron chi connectivity index (χ0n) is 6.08. The third-order valence-electron chi connectivity index (χ3n) is 1.68. The predicted octanol–water partition coefficient (Wildman–Crippen LogP) is 0.504. The fourth-order valence-electron chi connectivity index (χ4n) is 0.988. The number of rotatable bonds is 2. The van der Waals surface area contributed by atoms with Crippen molar-refractivity contribution in [1.82, 2.24) is 4.31 Å². The average Bonchev–Trinajstić information content (AvgIpc) is 2.33. The smallest absolute Gasteiger partial charge is 0.228 e. The van der Waals surface area contributed by atoms with Gasteiger partial charge in [0.05, 0.1) is 0 Å². The Morgan fingerprint density at radius 1 is 1.33 bits per heavy atom. The maximum absolute atomic E-state index is 12.5. The van der Waals surface area contributed by atoms with Crippen LogP contribution in [-0.4, -0.2) is 43.4 Å². The molecule has 0 bridgehead atoms. The minimum atomic E-state index is -3.64. The first-order valence-electron chi connectivity index (χ1n) is 3.29. The lowest BCUT2D eigenvalue weighted by Crippen LogP contribution is -2.30. The van der Waals surface area contributed by atoms with Gasteiger partial charge in [-0.25, -0.2) is 17.2 Å². The summed E-state index contributed by atoms with van der Waals surface area (Å²) < 4.78 is 47.7. The van der Waals surface area contributed by atoms with Gasteiger partial charge in [-0.15, -0.1) is 11.6 Å². The highest BCUT2D eigenvalue weighted by atomic mass is 35.5. The average molecular weight is 220 g/mol.